The zero-order valence-electron chi connectivity index (χ0n) is 12.1. The Morgan fingerprint density at radius 3 is 2.52 bits per heavy atom. The Balaban J connectivity index is 1.83. The predicted octanol–water partition coefficient (Wildman–Crippen LogP) is 3.94. The standard InChI is InChI=1S/C18H18FNO/c1-13-7-8-15(11-17(13)19)18(21)20(16-9-10-16)12-14-5-3-2-4-6-14/h2-8,11,16H,9-10,12H2,1H3. The van der Waals surface area contributed by atoms with E-state index in [0.717, 1.165) is 18.4 Å². The number of nitrogens with zero attached hydrogens (tertiary/aromatic N) is 1. The minimum absolute atomic E-state index is 0.0831. The number of aryl methyl sites for hydroxylation is 1. The monoisotopic (exact) mass is 283 g/mol. The molecule has 1 aliphatic carbocycles. The fourth-order valence-corrected chi connectivity index (χ4v) is 2.42. The first kappa shape index (κ1) is 13.8. The van der Waals surface area contributed by atoms with Crippen molar-refractivity contribution in [3.63, 3.8) is 0 Å². The quantitative estimate of drug-likeness (QED) is 0.832. The van der Waals surface area contributed by atoms with Gasteiger partial charge in [0.25, 0.3) is 5.91 Å². The second-order valence-corrected chi connectivity index (χ2v) is 5.61. The summed E-state index contributed by atoms with van der Waals surface area (Å²) in [7, 11) is 0. The van der Waals surface area contributed by atoms with E-state index in [0.29, 0.717) is 23.7 Å². The van der Waals surface area contributed by atoms with Crippen molar-refractivity contribution in [2.45, 2.75) is 32.4 Å². The van der Waals surface area contributed by atoms with Crippen LogP contribution >= 0.6 is 0 Å². The van der Waals surface area contributed by atoms with Crippen LogP contribution in [0.3, 0.4) is 0 Å². The second kappa shape index (κ2) is 5.68. The van der Waals surface area contributed by atoms with Crippen LogP contribution in [0.5, 0.6) is 0 Å². The Bertz CT molecular complexity index is 650. The lowest BCUT2D eigenvalue weighted by Crippen LogP contribution is -2.32. The van der Waals surface area contributed by atoms with Gasteiger partial charge in [-0.1, -0.05) is 36.4 Å². The van der Waals surface area contributed by atoms with E-state index >= 15 is 0 Å². The molecule has 0 N–H and O–H groups in total. The molecule has 21 heavy (non-hydrogen) atoms. The minimum atomic E-state index is -0.323. The van der Waals surface area contributed by atoms with Crippen molar-refractivity contribution >= 4 is 5.91 Å². The van der Waals surface area contributed by atoms with E-state index in [-0.39, 0.29) is 11.7 Å². The fraction of sp³-hybridized carbons (Fsp3) is 0.278. The Morgan fingerprint density at radius 2 is 1.90 bits per heavy atom. The molecular formula is C18H18FNO. The van der Waals surface area contributed by atoms with Crippen LogP contribution in [-0.4, -0.2) is 16.8 Å². The normalized spacial score (nSPS) is 14.0. The number of hydrogen-bond acceptors (Lipinski definition) is 1. The predicted molar refractivity (Wildman–Crippen MR) is 80.5 cm³/mol. The molecule has 0 aromatic heterocycles. The van der Waals surface area contributed by atoms with E-state index in [1.165, 1.54) is 6.07 Å². The lowest BCUT2D eigenvalue weighted by molar-refractivity contribution is 0.0729. The molecule has 3 heteroatoms. The molecule has 0 radical (unpaired) electrons. The zero-order chi connectivity index (χ0) is 14.8. The van der Waals surface area contributed by atoms with Gasteiger partial charge in [-0.25, -0.2) is 4.39 Å². The van der Waals surface area contributed by atoms with Crippen molar-refractivity contribution in [3.05, 3.63) is 71.0 Å². The number of amides is 1. The molecule has 108 valence electrons. The first-order valence-electron chi connectivity index (χ1n) is 7.26. The van der Waals surface area contributed by atoms with Gasteiger partial charge in [-0.2, -0.15) is 0 Å². The van der Waals surface area contributed by atoms with Gasteiger partial charge in [-0.15, -0.1) is 0 Å². The molecule has 0 spiro atoms. The summed E-state index contributed by atoms with van der Waals surface area (Å²) in [5.74, 6) is -0.406. The highest BCUT2D eigenvalue weighted by Crippen LogP contribution is 2.30. The third-order valence-corrected chi connectivity index (χ3v) is 3.86. The van der Waals surface area contributed by atoms with Crippen LogP contribution in [0.2, 0.25) is 0 Å². The van der Waals surface area contributed by atoms with E-state index in [1.54, 1.807) is 19.1 Å². The van der Waals surface area contributed by atoms with Crippen molar-refractivity contribution in [2.24, 2.45) is 0 Å². The maximum Gasteiger partial charge on any atom is 0.254 e. The smallest absolute Gasteiger partial charge is 0.254 e. The lowest BCUT2D eigenvalue weighted by Gasteiger charge is -2.23. The molecular weight excluding hydrogens is 265 g/mol. The zero-order valence-corrected chi connectivity index (χ0v) is 12.1. The summed E-state index contributed by atoms with van der Waals surface area (Å²) >= 11 is 0. The SMILES string of the molecule is Cc1ccc(C(=O)N(Cc2ccccc2)C2CC2)cc1F. The molecule has 2 aromatic carbocycles. The third kappa shape index (κ3) is 3.13. The van der Waals surface area contributed by atoms with Crippen LogP contribution in [0.4, 0.5) is 4.39 Å². The maximum absolute atomic E-state index is 13.7. The molecule has 0 unspecified atom stereocenters. The molecule has 0 atom stereocenters. The van der Waals surface area contributed by atoms with Crippen molar-refractivity contribution in [1.82, 2.24) is 4.90 Å². The summed E-state index contributed by atoms with van der Waals surface area (Å²) in [6, 6.07) is 14.9. The molecule has 1 fully saturated rings. The minimum Gasteiger partial charge on any atom is -0.331 e. The molecule has 0 bridgehead atoms. The average molecular weight is 283 g/mol. The van der Waals surface area contributed by atoms with Gasteiger partial charge in [-0.3, -0.25) is 4.79 Å². The van der Waals surface area contributed by atoms with Crippen LogP contribution in [0.15, 0.2) is 48.5 Å². The summed E-state index contributed by atoms with van der Waals surface area (Å²) in [6.45, 7) is 2.28. The summed E-state index contributed by atoms with van der Waals surface area (Å²) in [5.41, 5.74) is 2.10. The van der Waals surface area contributed by atoms with Gasteiger partial charge in [0, 0.05) is 18.2 Å². The molecule has 1 saturated carbocycles. The Morgan fingerprint density at radius 1 is 1.19 bits per heavy atom. The summed E-state index contributed by atoms with van der Waals surface area (Å²) in [4.78, 5) is 14.5. The maximum atomic E-state index is 13.7. The molecule has 0 aliphatic heterocycles. The molecule has 0 saturated heterocycles. The van der Waals surface area contributed by atoms with E-state index in [1.807, 2.05) is 35.2 Å². The van der Waals surface area contributed by atoms with Crippen LogP contribution in [0, 0.1) is 12.7 Å². The number of halogens is 1. The van der Waals surface area contributed by atoms with E-state index in [9.17, 15) is 9.18 Å². The molecule has 3 rings (SSSR count). The number of rotatable bonds is 4. The first-order valence-corrected chi connectivity index (χ1v) is 7.26. The fourth-order valence-electron chi connectivity index (χ4n) is 2.42. The molecule has 2 nitrogen and oxygen atoms in total. The van der Waals surface area contributed by atoms with Gasteiger partial charge in [0.05, 0.1) is 0 Å². The van der Waals surface area contributed by atoms with Gasteiger partial charge in [-0.05, 0) is 43.0 Å². The number of hydrogen-bond donors (Lipinski definition) is 0. The van der Waals surface area contributed by atoms with Crippen LogP contribution in [-0.2, 0) is 6.54 Å². The van der Waals surface area contributed by atoms with Gasteiger partial charge >= 0.3 is 0 Å². The van der Waals surface area contributed by atoms with Gasteiger partial charge in [0.2, 0.25) is 0 Å². The van der Waals surface area contributed by atoms with Gasteiger partial charge in [0.1, 0.15) is 5.82 Å². The topological polar surface area (TPSA) is 20.3 Å². The Hall–Kier alpha value is -2.16. The number of carbonyl (C=O) groups excluding carboxylic acids is 1. The van der Waals surface area contributed by atoms with E-state index in [4.69, 9.17) is 0 Å². The average Bonchev–Trinajstić information content (AvgIpc) is 3.33. The number of carbonyl (C=O) groups is 1. The number of benzene rings is 2. The highest BCUT2D eigenvalue weighted by molar-refractivity contribution is 5.94. The van der Waals surface area contributed by atoms with Crippen LogP contribution in [0.25, 0.3) is 0 Å². The van der Waals surface area contributed by atoms with Gasteiger partial charge < -0.3 is 4.90 Å². The largest absolute Gasteiger partial charge is 0.331 e. The van der Waals surface area contributed by atoms with Crippen molar-refractivity contribution in [1.29, 1.82) is 0 Å². The summed E-state index contributed by atoms with van der Waals surface area (Å²) < 4.78 is 13.7. The van der Waals surface area contributed by atoms with E-state index < -0.39 is 0 Å². The summed E-state index contributed by atoms with van der Waals surface area (Å²) in [5, 5.41) is 0. The van der Waals surface area contributed by atoms with Crippen LogP contribution < -0.4 is 0 Å². The Kier molecular flexibility index (Phi) is 3.74. The van der Waals surface area contributed by atoms with Gasteiger partial charge in [0.15, 0.2) is 0 Å². The van der Waals surface area contributed by atoms with Crippen molar-refractivity contribution in [2.75, 3.05) is 0 Å². The first-order chi connectivity index (χ1) is 10.1. The molecule has 1 aliphatic rings. The van der Waals surface area contributed by atoms with Crippen LogP contribution in [0.1, 0.15) is 34.3 Å². The molecule has 0 heterocycles. The van der Waals surface area contributed by atoms with Crippen molar-refractivity contribution in [3.8, 4) is 0 Å². The molecule has 2 aromatic rings. The van der Waals surface area contributed by atoms with Crippen molar-refractivity contribution < 1.29 is 9.18 Å². The summed E-state index contributed by atoms with van der Waals surface area (Å²) in [6.07, 6.45) is 2.07. The van der Waals surface area contributed by atoms with E-state index in [2.05, 4.69) is 0 Å². The third-order valence-electron chi connectivity index (χ3n) is 3.86. The Labute approximate surface area is 124 Å². The highest BCUT2D eigenvalue weighted by atomic mass is 19.1. The molecule has 1 amide bonds. The lowest BCUT2D eigenvalue weighted by atomic mass is 10.1. The second-order valence-electron chi connectivity index (χ2n) is 5.61. The highest BCUT2D eigenvalue weighted by Gasteiger charge is 2.33.